The van der Waals surface area contributed by atoms with Gasteiger partial charge in [-0.3, -0.25) is 14.5 Å². The molecule has 29 heavy (non-hydrogen) atoms. The monoisotopic (exact) mass is 410 g/mol. The third-order valence-electron chi connectivity index (χ3n) is 5.09. The number of aromatic nitrogens is 3. The molecule has 0 saturated carbocycles. The normalized spacial score (nSPS) is 17.9. The minimum Gasteiger partial charge on any atom is -0.352 e. The van der Waals surface area contributed by atoms with Gasteiger partial charge in [0, 0.05) is 43.3 Å². The summed E-state index contributed by atoms with van der Waals surface area (Å²) < 4.78 is 24.9. The fourth-order valence-electron chi connectivity index (χ4n) is 3.61. The molecule has 1 fully saturated rings. The minimum absolute atomic E-state index is 0.0535. The number of rotatable bonds is 5. The quantitative estimate of drug-likeness (QED) is 0.696. The molecule has 3 heterocycles. The summed E-state index contributed by atoms with van der Waals surface area (Å²) in [5.74, 6) is -0.607. The molecule has 1 N–H and O–H groups in total. The molecule has 7 nitrogen and oxygen atoms in total. The van der Waals surface area contributed by atoms with Crippen molar-refractivity contribution in [1.29, 1.82) is 0 Å². The zero-order chi connectivity index (χ0) is 20.4. The van der Waals surface area contributed by atoms with Crippen LogP contribution >= 0.6 is 0 Å². The Hall–Kier alpha value is -3.00. The second-order valence-corrected chi connectivity index (χ2v) is 9.55. The van der Waals surface area contributed by atoms with E-state index in [0.717, 1.165) is 27.9 Å². The Morgan fingerprint density at radius 3 is 2.72 bits per heavy atom. The molecule has 0 aliphatic carbocycles. The van der Waals surface area contributed by atoms with Crippen LogP contribution < -0.4 is 5.32 Å². The Balaban J connectivity index is 1.52. The highest BCUT2D eigenvalue weighted by atomic mass is 32.2. The molecule has 2 aromatic heterocycles. The van der Waals surface area contributed by atoms with Crippen LogP contribution in [0.3, 0.4) is 0 Å². The van der Waals surface area contributed by atoms with Gasteiger partial charge in [0.05, 0.1) is 17.4 Å². The molecule has 1 unspecified atom stereocenters. The average molecular weight is 410 g/mol. The average Bonchev–Trinajstić information content (AvgIpc) is 3.29. The number of sulfone groups is 1. The summed E-state index contributed by atoms with van der Waals surface area (Å²) in [7, 11) is -1.19. The first-order chi connectivity index (χ1) is 13.9. The zero-order valence-electron chi connectivity index (χ0n) is 16.1. The summed E-state index contributed by atoms with van der Waals surface area (Å²) in [5, 5.41) is 7.49. The molecule has 0 bridgehead atoms. The van der Waals surface area contributed by atoms with Crippen molar-refractivity contribution < 1.29 is 13.2 Å². The van der Waals surface area contributed by atoms with E-state index < -0.39 is 15.8 Å². The number of amides is 1. The van der Waals surface area contributed by atoms with Crippen LogP contribution in [0.5, 0.6) is 0 Å². The molecule has 3 aromatic rings. The van der Waals surface area contributed by atoms with Crippen LogP contribution in [0, 0.1) is 5.92 Å². The molecule has 150 valence electrons. The molecule has 1 aliphatic heterocycles. The molecule has 1 aromatic carbocycles. The zero-order valence-corrected chi connectivity index (χ0v) is 16.9. The van der Waals surface area contributed by atoms with Gasteiger partial charge in [0.25, 0.3) is 0 Å². The van der Waals surface area contributed by atoms with Crippen molar-refractivity contribution in [3.05, 3.63) is 60.6 Å². The third-order valence-corrected chi connectivity index (χ3v) is 6.86. The van der Waals surface area contributed by atoms with Crippen LogP contribution in [0.2, 0.25) is 0 Å². The van der Waals surface area contributed by atoms with Crippen molar-refractivity contribution in [3.8, 4) is 22.4 Å². The molecule has 8 heteroatoms. The standard InChI is InChI=1S/C21H22N4O3S/c1-25-13-19(16-5-8-22-9-6-16)20(24-25)17-4-2-3-15(11-17)12-23-21(26)18-7-10-29(27,28)14-18/h2-6,8-9,11,13,18H,7,10,12,14H2,1H3,(H,23,26). The van der Waals surface area contributed by atoms with Crippen LogP contribution in [0.25, 0.3) is 22.4 Å². The van der Waals surface area contributed by atoms with Crippen LogP contribution in [0.15, 0.2) is 55.0 Å². The smallest absolute Gasteiger partial charge is 0.224 e. The molecule has 1 atom stereocenters. The van der Waals surface area contributed by atoms with Crippen molar-refractivity contribution in [1.82, 2.24) is 20.1 Å². The van der Waals surface area contributed by atoms with Crippen molar-refractivity contribution in [2.24, 2.45) is 13.0 Å². The summed E-state index contributed by atoms with van der Waals surface area (Å²) >= 11 is 0. The van der Waals surface area contributed by atoms with Crippen molar-refractivity contribution in [3.63, 3.8) is 0 Å². The number of benzene rings is 1. The highest BCUT2D eigenvalue weighted by Gasteiger charge is 2.32. The molecule has 0 radical (unpaired) electrons. The van der Waals surface area contributed by atoms with Crippen molar-refractivity contribution >= 4 is 15.7 Å². The van der Waals surface area contributed by atoms with Gasteiger partial charge in [-0.2, -0.15) is 5.10 Å². The van der Waals surface area contributed by atoms with E-state index in [4.69, 9.17) is 0 Å². The van der Waals surface area contributed by atoms with E-state index in [2.05, 4.69) is 15.4 Å². The van der Waals surface area contributed by atoms with Crippen LogP contribution in [-0.2, 0) is 28.2 Å². The van der Waals surface area contributed by atoms with Gasteiger partial charge in [-0.25, -0.2) is 8.42 Å². The second kappa shape index (κ2) is 7.79. The van der Waals surface area contributed by atoms with E-state index in [-0.39, 0.29) is 17.4 Å². The summed E-state index contributed by atoms with van der Waals surface area (Å²) in [6.07, 6.45) is 5.87. The lowest BCUT2D eigenvalue weighted by Crippen LogP contribution is -2.30. The number of hydrogen-bond acceptors (Lipinski definition) is 5. The van der Waals surface area contributed by atoms with E-state index in [1.807, 2.05) is 49.6 Å². The Labute approximate surface area is 169 Å². The molecule has 1 amide bonds. The molecule has 1 aliphatic rings. The van der Waals surface area contributed by atoms with E-state index in [9.17, 15) is 13.2 Å². The number of carbonyl (C=O) groups is 1. The number of carbonyl (C=O) groups excluding carboxylic acids is 1. The Bertz CT molecular complexity index is 1140. The predicted octanol–water partition coefficient (Wildman–Crippen LogP) is 2.20. The predicted molar refractivity (Wildman–Crippen MR) is 110 cm³/mol. The molecular weight excluding hydrogens is 388 g/mol. The fourth-order valence-corrected chi connectivity index (χ4v) is 5.35. The maximum absolute atomic E-state index is 12.3. The topological polar surface area (TPSA) is 94.0 Å². The molecular formula is C21H22N4O3S. The number of aryl methyl sites for hydroxylation is 1. The molecule has 1 saturated heterocycles. The first-order valence-electron chi connectivity index (χ1n) is 9.43. The van der Waals surface area contributed by atoms with Gasteiger partial charge in [0.2, 0.25) is 5.91 Å². The number of nitrogens with zero attached hydrogens (tertiary/aromatic N) is 3. The van der Waals surface area contributed by atoms with E-state index in [1.165, 1.54) is 0 Å². The maximum atomic E-state index is 12.3. The largest absolute Gasteiger partial charge is 0.352 e. The SMILES string of the molecule is Cn1cc(-c2ccncc2)c(-c2cccc(CNC(=O)C3CCS(=O)(=O)C3)c2)n1. The highest BCUT2D eigenvalue weighted by Crippen LogP contribution is 2.31. The number of nitrogens with one attached hydrogen (secondary N) is 1. The molecule has 4 rings (SSSR count). The lowest BCUT2D eigenvalue weighted by Gasteiger charge is -2.10. The van der Waals surface area contributed by atoms with Crippen LogP contribution in [0.4, 0.5) is 0 Å². The first kappa shape index (κ1) is 19.3. The van der Waals surface area contributed by atoms with Gasteiger partial charge in [-0.15, -0.1) is 0 Å². The highest BCUT2D eigenvalue weighted by molar-refractivity contribution is 7.91. The maximum Gasteiger partial charge on any atom is 0.224 e. The van der Waals surface area contributed by atoms with E-state index >= 15 is 0 Å². The number of hydrogen-bond donors (Lipinski definition) is 1. The van der Waals surface area contributed by atoms with Gasteiger partial charge in [0.15, 0.2) is 9.84 Å². The lowest BCUT2D eigenvalue weighted by atomic mass is 10.0. The van der Waals surface area contributed by atoms with Crippen LogP contribution in [-0.4, -0.2) is 40.6 Å². The Kier molecular flexibility index (Phi) is 5.19. The summed E-state index contributed by atoms with van der Waals surface area (Å²) in [6, 6.07) is 11.7. The van der Waals surface area contributed by atoms with Crippen molar-refractivity contribution in [2.45, 2.75) is 13.0 Å². The first-order valence-corrected chi connectivity index (χ1v) is 11.2. The third kappa shape index (κ3) is 4.37. The van der Waals surface area contributed by atoms with E-state index in [1.54, 1.807) is 17.1 Å². The minimum atomic E-state index is -3.07. The summed E-state index contributed by atoms with van der Waals surface area (Å²) in [6.45, 7) is 0.348. The summed E-state index contributed by atoms with van der Waals surface area (Å²) in [4.78, 5) is 16.4. The van der Waals surface area contributed by atoms with Gasteiger partial charge in [0.1, 0.15) is 5.69 Å². The van der Waals surface area contributed by atoms with Crippen molar-refractivity contribution in [2.75, 3.05) is 11.5 Å². The second-order valence-electron chi connectivity index (χ2n) is 7.32. The van der Waals surface area contributed by atoms with Gasteiger partial charge in [-0.05, 0) is 35.7 Å². The van der Waals surface area contributed by atoms with Gasteiger partial charge < -0.3 is 5.32 Å². The number of pyridine rings is 1. The van der Waals surface area contributed by atoms with Gasteiger partial charge >= 0.3 is 0 Å². The Morgan fingerprint density at radius 1 is 1.21 bits per heavy atom. The molecule has 0 spiro atoms. The summed E-state index contributed by atoms with van der Waals surface area (Å²) in [5.41, 5.74) is 4.78. The fraction of sp³-hybridized carbons (Fsp3) is 0.286. The van der Waals surface area contributed by atoms with E-state index in [0.29, 0.717) is 13.0 Å². The van der Waals surface area contributed by atoms with Crippen LogP contribution in [0.1, 0.15) is 12.0 Å². The Morgan fingerprint density at radius 2 is 2.00 bits per heavy atom. The van der Waals surface area contributed by atoms with Gasteiger partial charge in [-0.1, -0.05) is 18.2 Å². The lowest BCUT2D eigenvalue weighted by molar-refractivity contribution is -0.124.